The van der Waals surface area contributed by atoms with Gasteiger partial charge in [0.1, 0.15) is 0 Å². The summed E-state index contributed by atoms with van der Waals surface area (Å²) in [5, 5.41) is 13.7. The molecule has 1 heterocycles. The van der Waals surface area contributed by atoms with Gasteiger partial charge in [0, 0.05) is 6.20 Å². The number of pyridine rings is 1. The monoisotopic (exact) mass is 294 g/mol. The number of carboxylic acids is 1. The predicted octanol–water partition coefficient (Wildman–Crippen LogP) is -0.182. The van der Waals surface area contributed by atoms with Gasteiger partial charge in [-0.1, -0.05) is 13.8 Å². The molecule has 0 aliphatic heterocycles. The normalized spacial score (nSPS) is 11.8. The van der Waals surface area contributed by atoms with E-state index in [-0.39, 0.29) is 23.7 Å². The predicted molar refractivity (Wildman–Crippen MR) is 75.6 cm³/mol. The van der Waals surface area contributed by atoms with Crippen molar-refractivity contribution in [3.05, 3.63) is 24.0 Å². The van der Waals surface area contributed by atoms with Crippen LogP contribution in [0.5, 0.6) is 0 Å². The lowest BCUT2D eigenvalue weighted by atomic mass is 10.1. The Kier molecular flexibility index (Phi) is 5.79. The number of carboxylic acid groups (broad SMARTS) is 1. The zero-order valence-corrected chi connectivity index (χ0v) is 11.8. The van der Waals surface area contributed by atoms with Gasteiger partial charge in [0.25, 0.3) is 0 Å². The van der Waals surface area contributed by atoms with Crippen LogP contribution in [0.1, 0.15) is 24.2 Å². The number of nitrogens with zero attached hydrogens (tertiary/aromatic N) is 1. The molecule has 2 amide bonds. The van der Waals surface area contributed by atoms with Crippen LogP contribution in [-0.4, -0.2) is 40.5 Å². The second-order valence-corrected chi connectivity index (χ2v) is 4.80. The van der Waals surface area contributed by atoms with Crippen LogP contribution >= 0.6 is 0 Å². The number of rotatable bonds is 6. The SMILES string of the molecule is CC(C)[C@H](N)C(=O)NCC(=O)Nc1cncc(C(=O)O)c1. The zero-order chi connectivity index (χ0) is 16.0. The molecule has 0 unspecified atom stereocenters. The molecule has 0 bridgehead atoms. The number of carbonyl (C=O) groups excluding carboxylic acids is 2. The number of aromatic carboxylic acids is 1. The lowest BCUT2D eigenvalue weighted by molar-refractivity contribution is -0.125. The van der Waals surface area contributed by atoms with Crippen molar-refractivity contribution < 1.29 is 19.5 Å². The van der Waals surface area contributed by atoms with Crippen LogP contribution < -0.4 is 16.4 Å². The summed E-state index contributed by atoms with van der Waals surface area (Å²) in [6.45, 7) is 3.34. The summed E-state index contributed by atoms with van der Waals surface area (Å²) in [5.74, 6) is -2.10. The molecule has 0 fully saturated rings. The number of hydrogen-bond acceptors (Lipinski definition) is 5. The molecular weight excluding hydrogens is 276 g/mol. The third kappa shape index (κ3) is 5.19. The van der Waals surface area contributed by atoms with Crippen molar-refractivity contribution in [2.45, 2.75) is 19.9 Å². The van der Waals surface area contributed by atoms with E-state index in [2.05, 4.69) is 15.6 Å². The molecule has 0 aromatic carbocycles. The molecule has 0 radical (unpaired) electrons. The third-order valence-corrected chi connectivity index (χ3v) is 2.71. The molecule has 1 aromatic heterocycles. The molecule has 8 heteroatoms. The first-order chi connectivity index (χ1) is 9.81. The van der Waals surface area contributed by atoms with E-state index >= 15 is 0 Å². The summed E-state index contributed by atoms with van der Waals surface area (Å²) >= 11 is 0. The second-order valence-electron chi connectivity index (χ2n) is 4.80. The lowest BCUT2D eigenvalue weighted by Crippen LogP contribution is -2.46. The highest BCUT2D eigenvalue weighted by atomic mass is 16.4. The van der Waals surface area contributed by atoms with Crippen molar-refractivity contribution in [3.8, 4) is 0 Å². The van der Waals surface area contributed by atoms with Crippen LogP contribution in [-0.2, 0) is 9.59 Å². The van der Waals surface area contributed by atoms with Crippen molar-refractivity contribution in [1.82, 2.24) is 10.3 Å². The number of carbonyl (C=O) groups is 3. The van der Waals surface area contributed by atoms with Crippen LogP contribution in [0.25, 0.3) is 0 Å². The number of nitrogens with two attached hydrogens (primary N) is 1. The highest BCUT2D eigenvalue weighted by Gasteiger charge is 2.17. The zero-order valence-electron chi connectivity index (χ0n) is 11.8. The van der Waals surface area contributed by atoms with E-state index in [1.54, 1.807) is 13.8 Å². The van der Waals surface area contributed by atoms with Crippen molar-refractivity contribution in [1.29, 1.82) is 0 Å². The summed E-state index contributed by atoms with van der Waals surface area (Å²) in [7, 11) is 0. The van der Waals surface area contributed by atoms with Gasteiger partial charge in [0.2, 0.25) is 11.8 Å². The maximum atomic E-state index is 11.6. The molecule has 8 nitrogen and oxygen atoms in total. The summed E-state index contributed by atoms with van der Waals surface area (Å²) in [6.07, 6.45) is 2.48. The van der Waals surface area contributed by atoms with Crippen LogP contribution in [0.2, 0.25) is 0 Å². The average molecular weight is 294 g/mol. The minimum Gasteiger partial charge on any atom is -0.478 e. The van der Waals surface area contributed by atoms with Crippen molar-refractivity contribution in [3.63, 3.8) is 0 Å². The molecule has 114 valence electrons. The average Bonchev–Trinajstić information content (AvgIpc) is 2.44. The lowest BCUT2D eigenvalue weighted by Gasteiger charge is -2.15. The van der Waals surface area contributed by atoms with Crippen LogP contribution in [0.4, 0.5) is 5.69 Å². The van der Waals surface area contributed by atoms with Gasteiger partial charge in [-0.2, -0.15) is 0 Å². The van der Waals surface area contributed by atoms with E-state index in [1.807, 2.05) is 0 Å². The van der Waals surface area contributed by atoms with E-state index in [9.17, 15) is 14.4 Å². The minimum absolute atomic E-state index is 0.0375. The number of amides is 2. The Hall–Kier alpha value is -2.48. The van der Waals surface area contributed by atoms with Crippen molar-refractivity contribution >= 4 is 23.5 Å². The Bertz CT molecular complexity index is 545. The Labute approximate surface area is 121 Å². The van der Waals surface area contributed by atoms with Crippen LogP contribution in [0.3, 0.4) is 0 Å². The first kappa shape index (κ1) is 16.6. The van der Waals surface area contributed by atoms with Gasteiger partial charge in [-0.05, 0) is 12.0 Å². The number of hydrogen-bond donors (Lipinski definition) is 4. The van der Waals surface area contributed by atoms with Gasteiger partial charge in [0.05, 0.1) is 30.0 Å². The molecule has 0 saturated heterocycles. The third-order valence-electron chi connectivity index (χ3n) is 2.71. The summed E-state index contributed by atoms with van der Waals surface area (Å²) in [6, 6.07) is 0.587. The largest absolute Gasteiger partial charge is 0.478 e. The van der Waals surface area contributed by atoms with Crippen LogP contribution in [0, 0.1) is 5.92 Å². The van der Waals surface area contributed by atoms with Gasteiger partial charge in [-0.15, -0.1) is 0 Å². The molecule has 0 saturated carbocycles. The number of anilines is 1. The maximum Gasteiger partial charge on any atom is 0.337 e. The smallest absolute Gasteiger partial charge is 0.337 e. The van der Waals surface area contributed by atoms with Crippen molar-refractivity contribution in [2.24, 2.45) is 11.7 Å². The van der Waals surface area contributed by atoms with E-state index in [4.69, 9.17) is 10.8 Å². The molecule has 0 spiro atoms. The fourth-order valence-electron chi connectivity index (χ4n) is 1.42. The molecule has 0 aliphatic carbocycles. The Morgan fingerprint density at radius 3 is 2.57 bits per heavy atom. The van der Waals surface area contributed by atoms with Gasteiger partial charge >= 0.3 is 5.97 Å². The summed E-state index contributed by atoms with van der Waals surface area (Å²) in [5.41, 5.74) is 5.83. The topological polar surface area (TPSA) is 134 Å². The Balaban J connectivity index is 2.53. The molecule has 1 aromatic rings. The standard InChI is InChI=1S/C13H18N4O4/c1-7(2)11(14)12(19)16-6-10(18)17-9-3-8(13(20)21)4-15-5-9/h3-5,7,11H,6,14H2,1-2H3,(H,16,19)(H,17,18)(H,20,21)/t11-/m0/s1. The molecule has 1 rings (SSSR count). The fourth-order valence-corrected chi connectivity index (χ4v) is 1.42. The highest BCUT2D eigenvalue weighted by molar-refractivity contribution is 5.96. The Morgan fingerprint density at radius 1 is 1.33 bits per heavy atom. The van der Waals surface area contributed by atoms with Crippen LogP contribution in [0.15, 0.2) is 18.5 Å². The summed E-state index contributed by atoms with van der Waals surface area (Å²) in [4.78, 5) is 37.7. The Morgan fingerprint density at radius 2 is 2.00 bits per heavy atom. The number of aromatic nitrogens is 1. The van der Waals surface area contributed by atoms with Gasteiger partial charge in [-0.25, -0.2) is 4.79 Å². The van der Waals surface area contributed by atoms with Gasteiger partial charge in [-0.3, -0.25) is 14.6 Å². The first-order valence-electron chi connectivity index (χ1n) is 6.32. The van der Waals surface area contributed by atoms with E-state index in [0.717, 1.165) is 0 Å². The van der Waals surface area contributed by atoms with E-state index in [0.29, 0.717) is 0 Å². The van der Waals surface area contributed by atoms with E-state index < -0.39 is 23.8 Å². The van der Waals surface area contributed by atoms with Crippen molar-refractivity contribution in [2.75, 3.05) is 11.9 Å². The summed E-state index contributed by atoms with van der Waals surface area (Å²) < 4.78 is 0. The first-order valence-corrected chi connectivity index (χ1v) is 6.32. The molecular formula is C13H18N4O4. The molecule has 5 N–H and O–H groups in total. The maximum absolute atomic E-state index is 11.6. The molecule has 0 aliphatic rings. The van der Waals surface area contributed by atoms with E-state index in [1.165, 1.54) is 18.5 Å². The number of nitrogens with one attached hydrogen (secondary N) is 2. The highest BCUT2D eigenvalue weighted by Crippen LogP contribution is 2.08. The minimum atomic E-state index is -1.14. The molecule has 1 atom stereocenters. The fraction of sp³-hybridized carbons (Fsp3) is 0.385. The second kappa shape index (κ2) is 7.34. The van der Waals surface area contributed by atoms with Gasteiger partial charge in [0.15, 0.2) is 0 Å². The van der Waals surface area contributed by atoms with Gasteiger partial charge < -0.3 is 21.5 Å². The molecule has 21 heavy (non-hydrogen) atoms. The quantitative estimate of drug-likeness (QED) is 0.575.